The summed E-state index contributed by atoms with van der Waals surface area (Å²) in [5, 5.41) is 2.26. The van der Waals surface area contributed by atoms with Crippen LogP contribution < -0.4 is 0 Å². The van der Waals surface area contributed by atoms with Gasteiger partial charge in [0.2, 0.25) is 0 Å². The topological polar surface area (TPSA) is 44.2 Å². The number of benzene rings is 1. The third-order valence-corrected chi connectivity index (χ3v) is 5.78. The Hall–Kier alpha value is -1.93. The van der Waals surface area contributed by atoms with Gasteiger partial charge in [0, 0.05) is 70.0 Å². The largest absolute Gasteiger partial charge is 0.347 e. The van der Waals surface area contributed by atoms with E-state index in [0.717, 1.165) is 69.7 Å². The number of para-hydroxylation sites is 1. The molecule has 0 saturated carbocycles. The van der Waals surface area contributed by atoms with Crippen LogP contribution in [-0.4, -0.2) is 104 Å². The van der Waals surface area contributed by atoms with Crippen molar-refractivity contribution >= 4 is 16.8 Å². The minimum Gasteiger partial charge on any atom is -0.347 e. The first-order valence-corrected chi connectivity index (χ1v) is 10.5. The van der Waals surface area contributed by atoms with Crippen LogP contribution in [0.5, 0.6) is 0 Å². The molecule has 1 aromatic heterocycles. The fraction of sp³-hybridized carbons (Fsp3) is 0.591. The molecule has 1 amide bonds. The molecule has 0 aliphatic carbocycles. The molecule has 1 aliphatic rings. The number of piperazine rings is 1. The lowest BCUT2D eigenvalue weighted by molar-refractivity contribution is -0.0755. The third kappa shape index (κ3) is 5.57. The molecule has 2 aromatic rings. The number of aromatic nitrogens is 1. The van der Waals surface area contributed by atoms with Crippen molar-refractivity contribution in [3.63, 3.8) is 0 Å². The number of hydrogen-bond donors (Lipinski definition) is 0. The lowest BCUT2D eigenvalue weighted by Crippen LogP contribution is -2.48. The van der Waals surface area contributed by atoms with E-state index in [1.807, 2.05) is 24.4 Å². The van der Waals surface area contributed by atoms with Crippen molar-refractivity contribution in [3.05, 3.63) is 36.0 Å². The number of hydrogen-bond acceptors (Lipinski definition) is 5. The van der Waals surface area contributed by atoms with E-state index < -0.39 is 0 Å². The maximum Gasteiger partial charge on any atom is 0.279 e. The highest BCUT2D eigenvalue weighted by Crippen LogP contribution is 2.23. The van der Waals surface area contributed by atoms with Crippen LogP contribution in [0, 0.1) is 0 Å². The van der Waals surface area contributed by atoms with Crippen molar-refractivity contribution in [2.75, 3.05) is 74.1 Å². The predicted molar refractivity (Wildman–Crippen MR) is 117 cm³/mol. The Labute approximate surface area is 174 Å². The van der Waals surface area contributed by atoms with E-state index in [9.17, 15) is 4.79 Å². The highest BCUT2D eigenvalue weighted by molar-refractivity contribution is 6.06. The number of rotatable bonds is 9. The number of carbonyl (C=O) groups is 1. The maximum absolute atomic E-state index is 12.6. The van der Waals surface area contributed by atoms with Crippen LogP contribution in [0.15, 0.2) is 30.5 Å². The molecular formula is C22H35N5O2. The van der Waals surface area contributed by atoms with Gasteiger partial charge in [0.15, 0.2) is 0 Å². The van der Waals surface area contributed by atoms with E-state index in [0.29, 0.717) is 5.56 Å². The minimum atomic E-state index is -0.115. The summed E-state index contributed by atoms with van der Waals surface area (Å²) in [5.74, 6) is -0.115. The molecule has 3 rings (SSSR count). The first-order chi connectivity index (χ1) is 14.0. The molecule has 0 spiro atoms. The van der Waals surface area contributed by atoms with Crippen molar-refractivity contribution in [3.8, 4) is 0 Å². The van der Waals surface area contributed by atoms with Crippen LogP contribution in [0.4, 0.5) is 0 Å². The summed E-state index contributed by atoms with van der Waals surface area (Å²) < 4.78 is 2.21. The first-order valence-electron chi connectivity index (χ1n) is 10.5. The van der Waals surface area contributed by atoms with Crippen LogP contribution in [0.2, 0.25) is 0 Å². The standard InChI is InChI=1S/C22H35N5O2/c1-23(2)12-13-26-16-14-25(15-17-26)10-7-11-27-18-20(22(28)24(3)29-4)19-8-5-6-9-21(19)27/h5-6,8-9,18H,7,10-17H2,1-4H3. The second-order valence-electron chi connectivity index (χ2n) is 8.08. The van der Waals surface area contributed by atoms with Gasteiger partial charge < -0.3 is 14.4 Å². The summed E-state index contributed by atoms with van der Waals surface area (Å²) in [6.45, 7) is 8.87. The summed E-state index contributed by atoms with van der Waals surface area (Å²) in [4.78, 5) is 25.1. The SMILES string of the molecule is CON(C)C(=O)c1cn(CCCN2CCN(CCN(C)C)CC2)c2ccccc12. The molecule has 0 atom stereocenters. The smallest absolute Gasteiger partial charge is 0.279 e. The van der Waals surface area contributed by atoms with Crippen molar-refractivity contribution in [2.45, 2.75) is 13.0 Å². The Morgan fingerprint density at radius 1 is 1.00 bits per heavy atom. The summed E-state index contributed by atoms with van der Waals surface area (Å²) in [6, 6.07) is 8.10. The number of aryl methyl sites for hydroxylation is 1. The average Bonchev–Trinajstić information content (AvgIpc) is 3.10. The third-order valence-electron chi connectivity index (χ3n) is 5.78. The molecule has 0 unspecified atom stereocenters. The maximum atomic E-state index is 12.6. The zero-order chi connectivity index (χ0) is 20.8. The second-order valence-corrected chi connectivity index (χ2v) is 8.08. The molecule has 1 saturated heterocycles. The lowest BCUT2D eigenvalue weighted by atomic mass is 10.1. The van der Waals surface area contributed by atoms with Crippen LogP contribution in [0.25, 0.3) is 10.9 Å². The fourth-order valence-corrected chi connectivity index (χ4v) is 3.90. The molecule has 7 nitrogen and oxygen atoms in total. The average molecular weight is 402 g/mol. The van der Waals surface area contributed by atoms with Crippen LogP contribution in [0.3, 0.4) is 0 Å². The van der Waals surface area contributed by atoms with E-state index in [1.165, 1.54) is 12.2 Å². The van der Waals surface area contributed by atoms with Gasteiger partial charge in [0.1, 0.15) is 0 Å². The Kier molecular flexibility index (Phi) is 7.66. The van der Waals surface area contributed by atoms with Crippen molar-refractivity contribution in [2.24, 2.45) is 0 Å². The second kappa shape index (κ2) is 10.2. The van der Waals surface area contributed by atoms with Gasteiger partial charge in [-0.05, 0) is 33.1 Å². The molecule has 7 heteroatoms. The summed E-state index contributed by atoms with van der Waals surface area (Å²) in [6.07, 6.45) is 3.05. The number of fused-ring (bicyclic) bond motifs is 1. The number of carbonyl (C=O) groups excluding carboxylic acids is 1. The van der Waals surface area contributed by atoms with Gasteiger partial charge in [0.05, 0.1) is 12.7 Å². The van der Waals surface area contributed by atoms with Gasteiger partial charge in [-0.1, -0.05) is 18.2 Å². The summed E-state index contributed by atoms with van der Waals surface area (Å²) >= 11 is 0. The molecule has 1 fully saturated rings. The van der Waals surface area contributed by atoms with Crippen LogP contribution in [0.1, 0.15) is 16.8 Å². The first kappa shape index (κ1) is 21.8. The zero-order valence-corrected chi connectivity index (χ0v) is 18.3. The number of amides is 1. The van der Waals surface area contributed by atoms with Gasteiger partial charge in [0.25, 0.3) is 5.91 Å². The van der Waals surface area contributed by atoms with E-state index in [4.69, 9.17) is 4.84 Å². The number of nitrogens with zero attached hydrogens (tertiary/aromatic N) is 5. The predicted octanol–water partition coefficient (Wildman–Crippen LogP) is 1.84. The Bertz CT molecular complexity index is 796. The van der Waals surface area contributed by atoms with E-state index >= 15 is 0 Å². The van der Waals surface area contributed by atoms with Crippen LogP contribution in [-0.2, 0) is 11.4 Å². The number of hydroxylamine groups is 2. The normalized spacial score (nSPS) is 16.0. The Balaban J connectivity index is 1.54. The molecule has 0 bridgehead atoms. The Morgan fingerprint density at radius 3 is 2.31 bits per heavy atom. The summed E-state index contributed by atoms with van der Waals surface area (Å²) in [7, 11) is 7.42. The molecule has 29 heavy (non-hydrogen) atoms. The molecule has 0 radical (unpaired) electrons. The molecule has 160 valence electrons. The highest BCUT2D eigenvalue weighted by Gasteiger charge is 2.19. The van der Waals surface area contributed by atoms with Gasteiger partial charge in [-0.15, -0.1) is 0 Å². The molecule has 2 heterocycles. The van der Waals surface area contributed by atoms with Crippen molar-refractivity contribution in [1.29, 1.82) is 0 Å². The van der Waals surface area contributed by atoms with Gasteiger partial charge >= 0.3 is 0 Å². The van der Waals surface area contributed by atoms with Crippen LogP contribution >= 0.6 is 0 Å². The quantitative estimate of drug-likeness (QED) is 0.600. The van der Waals surface area contributed by atoms with E-state index in [-0.39, 0.29) is 5.91 Å². The van der Waals surface area contributed by atoms with Gasteiger partial charge in [-0.2, -0.15) is 0 Å². The number of likely N-dealkylation sites (N-methyl/N-ethyl adjacent to an activating group) is 1. The van der Waals surface area contributed by atoms with E-state index in [1.54, 1.807) is 7.05 Å². The van der Waals surface area contributed by atoms with Crippen molar-refractivity contribution < 1.29 is 9.63 Å². The van der Waals surface area contributed by atoms with Gasteiger partial charge in [-0.3, -0.25) is 14.5 Å². The molecule has 1 aliphatic heterocycles. The molecule has 1 aromatic carbocycles. The Morgan fingerprint density at radius 2 is 1.66 bits per heavy atom. The monoisotopic (exact) mass is 401 g/mol. The lowest BCUT2D eigenvalue weighted by Gasteiger charge is -2.35. The molecule has 0 N–H and O–H groups in total. The summed E-state index contributed by atoms with van der Waals surface area (Å²) in [5.41, 5.74) is 1.80. The molecular weight excluding hydrogens is 366 g/mol. The highest BCUT2D eigenvalue weighted by atomic mass is 16.7. The van der Waals surface area contributed by atoms with Crippen molar-refractivity contribution in [1.82, 2.24) is 24.3 Å². The van der Waals surface area contributed by atoms with Gasteiger partial charge in [-0.25, -0.2) is 5.06 Å². The van der Waals surface area contributed by atoms with E-state index in [2.05, 4.69) is 39.4 Å². The zero-order valence-electron chi connectivity index (χ0n) is 18.3. The minimum absolute atomic E-state index is 0.115. The fourth-order valence-electron chi connectivity index (χ4n) is 3.90.